The van der Waals surface area contributed by atoms with Crippen molar-refractivity contribution in [1.29, 1.82) is 0 Å². The van der Waals surface area contributed by atoms with Crippen LogP contribution in [0, 0.1) is 0 Å². The Kier molecular flexibility index (Phi) is 4.43. The molecule has 0 radical (unpaired) electrons. The molecule has 1 N–H and O–H groups in total. The third kappa shape index (κ3) is 3.13. The Balaban J connectivity index is 1.50. The highest BCUT2D eigenvalue weighted by molar-refractivity contribution is 5.78. The molecule has 2 atom stereocenters. The number of benzene rings is 1. The number of rotatable bonds is 3. The summed E-state index contributed by atoms with van der Waals surface area (Å²) in [5.74, 6) is 0.459. The predicted molar refractivity (Wildman–Crippen MR) is 109 cm³/mol. The second-order valence-electron chi connectivity index (χ2n) is 7.78. The smallest absolute Gasteiger partial charge is 0.267 e. The zero-order valence-corrected chi connectivity index (χ0v) is 16.3. The number of para-hydroxylation sites is 1. The van der Waals surface area contributed by atoms with E-state index in [0.717, 1.165) is 36.9 Å². The fourth-order valence-corrected chi connectivity index (χ4v) is 4.25. The summed E-state index contributed by atoms with van der Waals surface area (Å²) < 4.78 is 8.73. The molecule has 1 fully saturated rings. The van der Waals surface area contributed by atoms with Gasteiger partial charge in [0.05, 0.1) is 35.9 Å². The summed E-state index contributed by atoms with van der Waals surface area (Å²) in [6.07, 6.45) is 4.03. The SMILES string of the molecule is Cn1c(NC2COCC2n2nc3c(cc2=O)CCCC3)nc2ccccc2c1=O. The Morgan fingerprint density at radius 1 is 1.14 bits per heavy atom. The fourth-order valence-electron chi connectivity index (χ4n) is 4.25. The minimum absolute atomic E-state index is 0.103. The first kappa shape index (κ1) is 18.1. The van der Waals surface area contributed by atoms with E-state index < -0.39 is 0 Å². The van der Waals surface area contributed by atoms with Crippen LogP contribution in [0.4, 0.5) is 5.95 Å². The number of aromatic nitrogens is 4. The standard InChI is InChI=1S/C21H23N5O3/c1-25-20(28)14-7-3-5-9-16(14)22-21(25)23-17-11-29-12-18(17)26-19(27)10-13-6-2-4-8-15(13)24-26/h3,5,7,9-10,17-18H,2,4,6,8,11-12H2,1H3,(H,22,23). The highest BCUT2D eigenvalue weighted by Gasteiger charge is 2.33. The largest absolute Gasteiger partial charge is 0.377 e. The quantitative estimate of drug-likeness (QED) is 0.724. The molecule has 29 heavy (non-hydrogen) atoms. The number of anilines is 1. The average molecular weight is 393 g/mol. The second kappa shape index (κ2) is 7.11. The summed E-state index contributed by atoms with van der Waals surface area (Å²) in [5.41, 5.74) is 2.50. The zero-order valence-electron chi connectivity index (χ0n) is 16.3. The molecule has 0 bridgehead atoms. The highest BCUT2D eigenvalue weighted by Crippen LogP contribution is 2.23. The molecule has 2 aromatic heterocycles. The lowest BCUT2D eigenvalue weighted by Gasteiger charge is -2.23. The molecule has 3 heterocycles. The maximum atomic E-state index is 12.7. The molecule has 3 aromatic rings. The topological polar surface area (TPSA) is 91.0 Å². The van der Waals surface area contributed by atoms with Crippen LogP contribution in [-0.2, 0) is 24.6 Å². The van der Waals surface area contributed by atoms with Crippen LogP contribution in [0.3, 0.4) is 0 Å². The maximum Gasteiger partial charge on any atom is 0.267 e. The molecule has 1 aliphatic heterocycles. The number of fused-ring (bicyclic) bond motifs is 2. The van der Waals surface area contributed by atoms with Crippen molar-refractivity contribution in [3.05, 3.63) is 62.3 Å². The maximum absolute atomic E-state index is 12.7. The lowest BCUT2D eigenvalue weighted by molar-refractivity contribution is 0.182. The van der Waals surface area contributed by atoms with Gasteiger partial charge in [-0.05, 0) is 43.4 Å². The number of hydrogen-bond donors (Lipinski definition) is 1. The van der Waals surface area contributed by atoms with E-state index in [1.165, 1.54) is 4.57 Å². The van der Waals surface area contributed by atoms with Gasteiger partial charge in [-0.2, -0.15) is 5.10 Å². The van der Waals surface area contributed by atoms with Crippen molar-refractivity contribution in [3.63, 3.8) is 0 Å². The molecule has 8 heteroatoms. The van der Waals surface area contributed by atoms with Gasteiger partial charge in [-0.15, -0.1) is 0 Å². The highest BCUT2D eigenvalue weighted by atomic mass is 16.5. The number of hydrogen-bond acceptors (Lipinski definition) is 6. The van der Waals surface area contributed by atoms with Crippen LogP contribution >= 0.6 is 0 Å². The average Bonchev–Trinajstić information content (AvgIpc) is 3.19. The van der Waals surface area contributed by atoms with Gasteiger partial charge in [-0.25, -0.2) is 9.67 Å². The van der Waals surface area contributed by atoms with Gasteiger partial charge in [-0.1, -0.05) is 12.1 Å². The molecule has 2 aliphatic rings. The summed E-state index contributed by atoms with van der Waals surface area (Å²) >= 11 is 0. The first-order chi connectivity index (χ1) is 14.1. The summed E-state index contributed by atoms with van der Waals surface area (Å²) in [5, 5.41) is 8.57. The molecule has 0 saturated carbocycles. The Hall–Kier alpha value is -3.00. The summed E-state index contributed by atoms with van der Waals surface area (Å²) in [4.78, 5) is 30.0. The van der Waals surface area contributed by atoms with Crippen molar-refractivity contribution in [3.8, 4) is 0 Å². The van der Waals surface area contributed by atoms with Crippen LogP contribution in [-0.4, -0.2) is 38.6 Å². The number of nitrogens with one attached hydrogen (secondary N) is 1. The van der Waals surface area contributed by atoms with E-state index in [1.807, 2.05) is 18.2 Å². The van der Waals surface area contributed by atoms with Crippen molar-refractivity contribution in [2.75, 3.05) is 18.5 Å². The molecule has 8 nitrogen and oxygen atoms in total. The van der Waals surface area contributed by atoms with Gasteiger partial charge in [0, 0.05) is 13.1 Å². The summed E-state index contributed by atoms with van der Waals surface area (Å²) in [6, 6.07) is 8.54. The Bertz CT molecular complexity index is 1200. The number of ether oxygens (including phenoxy) is 1. The molecule has 2 unspecified atom stereocenters. The summed E-state index contributed by atoms with van der Waals surface area (Å²) in [6.45, 7) is 0.809. The van der Waals surface area contributed by atoms with E-state index >= 15 is 0 Å². The second-order valence-corrected chi connectivity index (χ2v) is 7.78. The van der Waals surface area contributed by atoms with Crippen molar-refractivity contribution in [2.45, 2.75) is 37.8 Å². The van der Waals surface area contributed by atoms with Crippen molar-refractivity contribution < 1.29 is 4.74 Å². The van der Waals surface area contributed by atoms with Gasteiger partial charge in [0.15, 0.2) is 0 Å². The van der Waals surface area contributed by atoms with E-state index in [2.05, 4.69) is 15.4 Å². The van der Waals surface area contributed by atoms with Crippen LogP contribution in [0.25, 0.3) is 10.9 Å². The monoisotopic (exact) mass is 393 g/mol. The molecule has 1 aliphatic carbocycles. The van der Waals surface area contributed by atoms with Gasteiger partial charge in [0.25, 0.3) is 11.1 Å². The van der Waals surface area contributed by atoms with Crippen LogP contribution in [0.5, 0.6) is 0 Å². The number of aryl methyl sites for hydroxylation is 2. The molecule has 1 saturated heterocycles. The lowest BCUT2D eigenvalue weighted by Crippen LogP contribution is -2.39. The Morgan fingerprint density at radius 3 is 2.86 bits per heavy atom. The van der Waals surface area contributed by atoms with E-state index in [-0.39, 0.29) is 23.2 Å². The van der Waals surface area contributed by atoms with Crippen LogP contribution in [0.15, 0.2) is 39.9 Å². The first-order valence-electron chi connectivity index (χ1n) is 10.0. The third-order valence-electron chi connectivity index (χ3n) is 5.89. The Morgan fingerprint density at radius 2 is 1.97 bits per heavy atom. The van der Waals surface area contributed by atoms with Crippen molar-refractivity contribution in [1.82, 2.24) is 19.3 Å². The fraction of sp³-hybridized carbons (Fsp3) is 0.429. The van der Waals surface area contributed by atoms with Gasteiger partial charge < -0.3 is 10.1 Å². The minimum atomic E-state index is -0.252. The van der Waals surface area contributed by atoms with E-state index in [1.54, 1.807) is 23.9 Å². The van der Waals surface area contributed by atoms with Gasteiger partial charge in [0.2, 0.25) is 5.95 Å². The molecule has 150 valence electrons. The normalized spacial score (nSPS) is 21.3. The van der Waals surface area contributed by atoms with Gasteiger partial charge >= 0.3 is 0 Å². The van der Waals surface area contributed by atoms with Crippen LogP contribution in [0.1, 0.15) is 30.1 Å². The summed E-state index contributed by atoms with van der Waals surface area (Å²) in [7, 11) is 1.69. The molecular formula is C21H23N5O3. The third-order valence-corrected chi connectivity index (χ3v) is 5.89. The van der Waals surface area contributed by atoms with Gasteiger partial charge in [-0.3, -0.25) is 14.2 Å². The molecule has 1 aromatic carbocycles. The van der Waals surface area contributed by atoms with Crippen molar-refractivity contribution in [2.24, 2.45) is 7.05 Å². The molecule has 0 spiro atoms. The van der Waals surface area contributed by atoms with Crippen LogP contribution < -0.4 is 16.4 Å². The molecule has 0 amide bonds. The first-order valence-corrected chi connectivity index (χ1v) is 10.0. The molecule has 5 rings (SSSR count). The predicted octanol–water partition coefficient (Wildman–Crippen LogP) is 1.42. The van der Waals surface area contributed by atoms with E-state index in [9.17, 15) is 9.59 Å². The van der Waals surface area contributed by atoms with Crippen LogP contribution in [0.2, 0.25) is 0 Å². The van der Waals surface area contributed by atoms with E-state index in [4.69, 9.17) is 4.74 Å². The van der Waals surface area contributed by atoms with E-state index in [0.29, 0.717) is 30.1 Å². The minimum Gasteiger partial charge on any atom is -0.377 e. The zero-order chi connectivity index (χ0) is 20.0. The lowest BCUT2D eigenvalue weighted by atomic mass is 9.97. The number of nitrogens with zero attached hydrogens (tertiary/aromatic N) is 4. The molecular weight excluding hydrogens is 370 g/mol. The van der Waals surface area contributed by atoms with Gasteiger partial charge in [0.1, 0.15) is 6.04 Å². The van der Waals surface area contributed by atoms with Crippen molar-refractivity contribution >= 4 is 16.9 Å². The Labute approximate surface area is 167 Å².